The summed E-state index contributed by atoms with van der Waals surface area (Å²) in [6.45, 7) is 1.47. The zero-order valence-electron chi connectivity index (χ0n) is 23.7. The van der Waals surface area contributed by atoms with Gasteiger partial charge in [0.05, 0.1) is 16.7 Å². The number of benzene rings is 4. The van der Waals surface area contributed by atoms with Gasteiger partial charge in [0.2, 0.25) is 12.4 Å². The molecule has 224 valence electrons. The van der Waals surface area contributed by atoms with Gasteiger partial charge in [0.25, 0.3) is 0 Å². The molecule has 44 heavy (non-hydrogen) atoms. The maximum absolute atomic E-state index is 13.2. The number of esters is 3. The SMILES string of the molecule is Cc1ccc(C(=O)OC2C(OC(=O)Nc3ccccc3)OC(COC(=O)c3ccccc3)C2OC(=O)c2ccccc2)cc1. The first kappa shape index (κ1) is 30.0. The third-order valence-electron chi connectivity index (χ3n) is 6.68. The molecular formula is C34H29NO9. The molecule has 4 atom stereocenters. The maximum atomic E-state index is 13.2. The summed E-state index contributed by atoms with van der Waals surface area (Å²) in [5.74, 6) is -2.16. The van der Waals surface area contributed by atoms with Gasteiger partial charge in [-0.15, -0.1) is 0 Å². The predicted octanol–water partition coefficient (Wildman–Crippen LogP) is 5.58. The number of nitrogens with one attached hydrogen (secondary N) is 1. The highest BCUT2D eigenvalue weighted by atomic mass is 16.8. The van der Waals surface area contributed by atoms with Crippen LogP contribution >= 0.6 is 0 Å². The Morgan fingerprint density at radius 2 is 1.11 bits per heavy atom. The maximum Gasteiger partial charge on any atom is 0.414 e. The topological polar surface area (TPSA) is 126 Å². The van der Waals surface area contributed by atoms with Crippen molar-refractivity contribution in [1.82, 2.24) is 0 Å². The summed E-state index contributed by atoms with van der Waals surface area (Å²) >= 11 is 0. The Hall–Kier alpha value is -5.48. The van der Waals surface area contributed by atoms with E-state index in [0.29, 0.717) is 11.3 Å². The number of carbonyl (C=O) groups excluding carboxylic acids is 4. The molecule has 1 amide bonds. The van der Waals surface area contributed by atoms with Crippen LogP contribution in [0, 0.1) is 6.92 Å². The molecule has 0 aromatic heterocycles. The van der Waals surface area contributed by atoms with E-state index in [1.807, 2.05) is 6.92 Å². The zero-order valence-corrected chi connectivity index (χ0v) is 23.7. The van der Waals surface area contributed by atoms with Crippen molar-refractivity contribution in [2.24, 2.45) is 0 Å². The fourth-order valence-electron chi connectivity index (χ4n) is 4.42. The number of hydrogen-bond acceptors (Lipinski definition) is 9. The number of aryl methyl sites for hydroxylation is 1. The van der Waals surface area contributed by atoms with E-state index in [1.165, 1.54) is 0 Å². The summed E-state index contributed by atoms with van der Waals surface area (Å²) in [6.07, 6.45) is -6.34. The molecule has 1 fully saturated rings. The van der Waals surface area contributed by atoms with Gasteiger partial charge >= 0.3 is 24.0 Å². The second kappa shape index (κ2) is 14.1. The summed E-state index contributed by atoms with van der Waals surface area (Å²) in [7, 11) is 0. The number of para-hydroxylation sites is 1. The molecule has 4 aromatic carbocycles. The molecule has 1 N–H and O–H groups in total. The average Bonchev–Trinajstić information content (AvgIpc) is 3.35. The minimum absolute atomic E-state index is 0.218. The van der Waals surface area contributed by atoms with Gasteiger partial charge in [-0.05, 0) is 55.5 Å². The average molecular weight is 596 g/mol. The Kier molecular flexibility index (Phi) is 9.63. The molecule has 1 heterocycles. The third kappa shape index (κ3) is 7.67. The van der Waals surface area contributed by atoms with Crippen LogP contribution in [-0.4, -0.2) is 55.2 Å². The van der Waals surface area contributed by atoms with Crippen molar-refractivity contribution in [1.29, 1.82) is 0 Å². The number of amides is 1. The normalized spacial score (nSPS) is 18.9. The van der Waals surface area contributed by atoms with Gasteiger partial charge in [0, 0.05) is 5.69 Å². The monoisotopic (exact) mass is 595 g/mol. The molecule has 10 heteroatoms. The van der Waals surface area contributed by atoms with Crippen LogP contribution in [0.4, 0.5) is 10.5 Å². The number of ether oxygens (including phenoxy) is 5. The van der Waals surface area contributed by atoms with Crippen LogP contribution in [0.2, 0.25) is 0 Å². The van der Waals surface area contributed by atoms with Gasteiger partial charge < -0.3 is 23.7 Å². The van der Waals surface area contributed by atoms with Gasteiger partial charge in [0.1, 0.15) is 12.7 Å². The van der Waals surface area contributed by atoms with Crippen LogP contribution in [0.25, 0.3) is 0 Å². The Balaban J connectivity index is 1.41. The van der Waals surface area contributed by atoms with Gasteiger partial charge in [-0.1, -0.05) is 72.3 Å². The predicted molar refractivity (Wildman–Crippen MR) is 158 cm³/mol. The highest BCUT2D eigenvalue weighted by molar-refractivity contribution is 5.91. The van der Waals surface area contributed by atoms with Gasteiger partial charge in [-0.3, -0.25) is 5.32 Å². The van der Waals surface area contributed by atoms with Crippen molar-refractivity contribution in [3.05, 3.63) is 138 Å². The molecule has 0 saturated carbocycles. The van der Waals surface area contributed by atoms with Crippen LogP contribution in [0.5, 0.6) is 0 Å². The standard InChI is InChI=1S/C34H29NO9/c1-22-17-19-25(20-18-22)32(38)43-29-28(42-31(37)24-13-7-3-8-14-24)27(21-40-30(36)23-11-5-2-6-12-23)41-33(29)44-34(39)35-26-15-9-4-10-16-26/h2-20,27-29,33H,21H2,1H3,(H,35,39). The van der Waals surface area contributed by atoms with E-state index in [4.69, 9.17) is 23.7 Å². The van der Waals surface area contributed by atoms with Crippen molar-refractivity contribution < 1.29 is 42.9 Å². The summed E-state index contributed by atoms with van der Waals surface area (Å²) in [4.78, 5) is 52.0. The fourth-order valence-corrected chi connectivity index (χ4v) is 4.42. The molecule has 1 aliphatic heterocycles. The van der Waals surface area contributed by atoms with Crippen LogP contribution in [0.3, 0.4) is 0 Å². The molecule has 0 aliphatic carbocycles. The van der Waals surface area contributed by atoms with Crippen LogP contribution in [-0.2, 0) is 23.7 Å². The van der Waals surface area contributed by atoms with E-state index in [2.05, 4.69) is 5.32 Å². The molecule has 4 unspecified atom stereocenters. The van der Waals surface area contributed by atoms with E-state index in [1.54, 1.807) is 115 Å². The lowest BCUT2D eigenvalue weighted by atomic mass is 10.1. The Morgan fingerprint density at radius 1 is 0.614 bits per heavy atom. The molecule has 10 nitrogen and oxygen atoms in total. The van der Waals surface area contributed by atoms with Crippen molar-refractivity contribution >= 4 is 29.7 Å². The van der Waals surface area contributed by atoms with Gasteiger partial charge in [0.15, 0.2) is 6.10 Å². The molecule has 4 aromatic rings. The lowest BCUT2D eigenvalue weighted by Crippen LogP contribution is -2.43. The summed E-state index contributed by atoms with van der Waals surface area (Å²) in [5.41, 5.74) is 2.11. The first-order valence-electron chi connectivity index (χ1n) is 13.8. The quantitative estimate of drug-likeness (QED) is 0.195. The van der Waals surface area contributed by atoms with Crippen LogP contribution in [0.1, 0.15) is 36.6 Å². The lowest BCUT2D eigenvalue weighted by molar-refractivity contribution is -0.135. The first-order chi connectivity index (χ1) is 21.4. The highest BCUT2D eigenvalue weighted by Crippen LogP contribution is 2.30. The minimum atomic E-state index is -1.53. The Morgan fingerprint density at radius 3 is 1.70 bits per heavy atom. The number of anilines is 1. The summed E-state index contributed by atoms with van der Waals surface area (Å²) in [5, 5.41) is 2.57. The van der Waals surface area contributed by atoms with E-state index in [9.17, 15) is 19.2 Å². The van der Waals surface area contributed by atoms with E-state index >= 15 is 0 Å². The number of rotatable bonds is 9. The highest BCUT2D eigenvalue weighted by Gasteiger charge is 2.52. The van der Waals surface area contributed by atoms with Crippen molar-refractivity contribution in [3.63, 3.8) is 0 Å². The van der Waals surface area contributed by atoms with Crippen molar-refractivity contribution in [2.75, 3.05) is 11.9 Å². The fraction of sp³-hybridized carbons (Fsp3) is 0.176. The lowest BCUT2D eigenvalue weighted by Gasteiger charge is -2.24. The third-order valence-corrected chi connectivity index (χ3v) is 6.68. The molecule has 1 aliphatic rings. The van der Waals surface area contributed by atoms with Crippen LogP contribution in [0.15, 0.2) is 115 Å². The second-order valence-corrected chi connectivity index (χ2v) is 9.88. The van der Waals surface area contributed by atoms with Gasteiger partial charge in [-0.2, -0.15) is 0 Å². The molecule has 0 radical (unpaired) electrons. The minimum Gasteiger partial charge on any atom is -0.459 e. The summed E-state index contributed by atoms with van der Waals surface area (Å²) < 4.78 is 28.6. The van der Waals surface area contributed by atoms with Gasteiger partial charge in [-0.25, -0.2) is 19.2 Å². The molecule has 0 spiro atoms. The van der Waals surface area contributed by atoms with Crippen molar-refractivity contribution in [3.8, 4) is 0 Å². The number of hydrogen-bond donors (Lipinski definition) is 1. The smallest absolute Gasteiger partial charge is 0.414 e. The van der Waals surface area contributed by atoms with Crippen LogP contribution < -0.4 is 5.32 Å². The number of carbonyl (C=O) groups is 4. The summed E-state index contributed by atoms with van der Waals surface area (Å²) in [6, 6.07) is 31.6. The largest absolute Gasteiger partial charge is 0.459 e. The Bertz CT molecular complexity index is 1580. The molecular weight excluding hydrogens is 566 g/mol. The molecule has 5 rings (SSSR count). The zero-order chi connectivity index (χ0) is 30.9. The second-order valence-electron chi connectivity index (χ2n) is 9.88. The molecule has 0 bridgehead atoms. The van der Waals surface area contributed by atoms with E-state index in [0.717, 1.165) is 5.56 Å². The van der Waals surface area contributed by atoms with E-state index < -0.39 is 55.2 Å². The van der Waals surface area contributed by atoms with Crippen molar-refractivity contribution in [2.45, 2.75) is 31.5 Å². The Labute approximate surface area is 253 Å². The van der Waals surface area contributed by atoms with E-state index in [-0.39, 0.29) is 11.1 Å². The first-order valence-corrected chi connectivity index (χ1v) is 13.8. The molecule has 1 saturated heterocycles.